The fourth-order valence-corrected chi connectivity index (χ4v) is 9.18. The molecule has 2 aliphatic rings. The highest BCUT2D eigenvalue weighted by molar-refractivity contribution is 7.80. The lowest BCUT2D eigenvalue weighted by Gasteiger charge is -2.38. The highest BCUT2D eigenvalue weighted by atomic mass is 32.1. The summed E-state index contributed by atoms with van der Waals surface area (Å²) < 4.78 is 0. The summed E-state index contributed by atoms with van der Waals surface area (Å²) in [4.78, 5) is 62.5. The number of thiocarbonyl (C=S) groups is 2. The van der Waals surface area contributed by atoms with Crippen LogP contribution >= 0.6 is 24.4 Å². The van der Waals surface area contributed by atoms with E-state index in [1.807, 2.05) is 0 Å². The van der Waals surface area contributed by atoms with Crippen LogP contribution in [-0.2, 0) is 19.2 Å². The van der Waals surface area contributed by atoms with Gasteiger partial charge in [-0.05, 0) is 56.2 Å². The van der Waals surface area contributed by atoms with E-state index >= 15 is 0 Å². The number of carbonyl (C=O) groups is 4. The quantitative estimate of drug-likeness (QED) is 0.0202. The maximum atomic E-state index is 14.0. The van der Waals surface area contributed by atoms with E-state index in [9.17, 15) is 19.2 Å². The Morgan fingerprint density at radius 1 is 0.377 bits per heavy atom. The summed E-state index contributed by atoms with van der Waals surface area (Å²) in [6.07, 6.45) is 41.2. The molecule has 10 heteroatoms. The van der Waals surface area contributed by atoms with Crippen molar-refractivity contribution in [1.82, 2.24) is 19.6 Å². The van der Waals surface area contributed by atoms with E-state index in [0.29, 0.717) is 36.4 Å². The molecule has 2 rings (SSSR count). The summed E-state index contributed by atoms with van der Waals surface area (Å²) in [6.45, 7) is 10.8. The van der Waals surface area contributed by atoms with Gasteiger partial charge in [0, 0.05) is 26.2 Å². The Labute approximate surface area is 384 Å². The molecule has 0 saturated carbocycles. The second-order valence-corrected chi connectivity index (χ2v) is 18.5. The molecule has 0 spiro atoms. The first kappa shape index (κ1) is 54.7. The van der Waals surface area contributed by atoms with Crippen LogP contribution in [-0.4, -0.2) is 79.6 Å². The van der Waals surface area contributed by atoms with E-state index in [4.69, 9.17) is 24.4 Å². The van der Waals surface area contributed by atoms with Crippen LogP contribution in [0.4, 0.5) is 0 Å². The van der Waals surface area contributed by atoms with Gasteiger partial charge in [0.05, 0.1) is 0 Å². The number of rotatable bonds is 38. The Hall–Kier alpha value is -2.46. The van der Waals surface area contributed by atoms with Gasteiger partial charge in [0.15, 0.2) is 10.2 Å². The Kier molecular flexibility index (Phi) is 31.3. The van der Waals surface area contributed by atoms with Gasteiger partial charge in [0.1, 0.15) is 11.5 Å². The second kappa shape index (κ2) is 35.0. The molecule has 0 aromatic carbocycles. The Morgan fingerprint density at radius 2 is 0.623 bits per heavy atom. The van der Waals surface area contributed by atoms with E-state index < -0.39 is 17.7 Å². The number of carbonyl (C=O) groups excluding carboxylic acids is 4. The number of amides is 4. The third-order valence-electron chi connectivity index (χ3n) is 12.4. The molecule has 348 valence electrons. The van der Waals surface area contributed by atoms with Crippen LogP contribution in [0.2, 0.25) is 0 Å². The summed E-state index contributed by atoms with van der Waals surface area (Å²) in [5.41, 5.74) is 0.0294. The van der Waals surface area contributed by atoms with E-state index in [-0.39, 0.29) is 17.4 Å². The second-order valence-electron chi connectivity index (χ2n) is 17.8. The standard InChI is InChI=1S/C51H88N4O4S2/c1-5-9-13-17-21-25-29-33-40-52-46(56)44(47(57)53(50(52)60)41-34-30-26-22-18-14-10-6-2)38-37-39-45-48(58)54(42-35-31-27-23-19-15-11-7-3)51(61)55(49(45)59)43-36-32-28-24-20-16-12-8-4/h37-39,44H,5-36,40-43H2,1-4H3. The van der Waals surface area contributed by atoms with Crippen molar-refractivity contribution in [2.75, 3.05) is 26.2 Å². The average molecular weight is 885 g/mol. The number of hydrogen-bond donors (Lipinski definition) is 0. The topological polar surface area (TPSA) is 81.2 Å². The van der Waals surface area contributed by atoms with E-state index in [0.717, 1.165) is 77.0 Å². The van der Waals surface area contributed by atoms with Gasteiger partial charge in [-0.15, -0.1) is 0 Å². The van der Waals surface area contributed by atoms with Crippen molar-refractivity contribution in [3.8, 4) is 0 Å². The minimum absolute atomic E-state index is 0.0294. The monoisotopic (exact) mass is 885 g/mol. The summed E-state index contributed by atoms with van der Waals surface area (Å²) in [5, 5.41) is 0.601. The van der Waals surface area contributed by atoms with Crippen molar-refractivity contribution >= 4 is 58.3 Å². The van der Waals surface area contributed by atoms with Crippen LogP contribution in [0.5, 0.6) is 0 Å². The molecule has 0 aliphatic carbocycles. The predicted octanol–water partition coefficient (Wildman–Crippen LogP) is 13.6. The minimum atomic E-state index is -1.07. The third kappa shape index (κ3) is 21.2. The Bertz CT molecular complexity index is 1260. The highest BCUT2D eigenvalue weighted by Crippen LogP contribution is 2.24. The van der Waals surface area contributed by atoms with Crippen LogP contribution in [0.1, 0.15) is 233 Å². The molecular weight excluding hydrogens is 797 g/mol. The molecule has 2 fully saturated rings. The lowest BCUT2D eigenvalue weighted by Crippen LogP contribution is -2.59. The summed E-state index contributed by atoms with van der Waals surface area (Å²) >= 11 is 11.7. The molecular formula is C51H88N4O4S2. The van der Waals surface area contributed by atoms with Crippen LogP contribution in [0, 0.1) is 5.92 Å². The van der Waals surface area contributed by atoms with E-state index in [1.54, 1.807) is 31.8 Å². The maximum Gasteiger partial charge on any atom is 0.265 e. The van der Waals surface area contributed by atoms with Crippen molar-refractivity contribution in [3.05, 3.63) is 23.8 Å². The summed E-state index contributed by atoms with van der Waals surface area (Å²) in [6, 6.07) is 0. The molecule has 0 atom stereocenters. The first-order valence-electron chi connectivity index (χ1n) is 25.5. The van der Waals surface area contributed by atoms with Crippen molar-refractivity contribution < 1.29 is 19.2 Å². The van der Waals surface area contributed by atoms with Gasteiger partial charge >= 0.3 is 0 Å². The SMILES string of the molecule is CCCCCCCCCCN1C(=O)C(=CC=CC2C(=O)N(CCCCCCCCCC)C(=S)N(CCCCCCCCCC)C2=O)C(=O)N(CCCCCCCCCC)C1=S. The summed E-state index contributed by atoms with van der Waals surface area (Å²) in [5.74, 6) is -2.51. The molecule has 4 amide bonds. The van der Waals surface area contributed by atoms with Crippen molar-refractivity contribution in [2.24, 2.45) is 5.92 Å². The number of unbranched alkanes of at least 4 members (excludes halogenated alkanes) is 28. The molecule has 2 heterocycles. The van der Waals surface area contributed by atoms with Crippen molar-refractivity contribution in [2.45, 2.75) is 233 Å². The van der Waals surface area contributed by atoms with Crippen LogP contribution in [0.25, 0.3) is 0 Å². The average Bonchev–Trinajstić information content (AvgIpc) is 3.25. The van der Waals surface area contributed by atoms with E-state index in [1.165, 1.54) is 134 Å². The van der Waals surface area contributed by atoms with Gasteiger partial charge < -0.3 is 0 Å². The lowest BCUT2D eigenvalue weighted by molar-refractivity contribution is -0.145. The molecule has 0 N–H and O–H groups in total. The maximum absolute atomic E-state index is 14.0. The summed E-state index contributed by atoms with van der Waals surface area (Å²) in [7, 11) is 0. The Morgan fingerprint density at radius 3 is 0.918 bits per heavy atom. The van der Waals surface area contributed by atoms with Crippen molar-refractivity contribution in [3.63, 3.8) is 0 Å². The molecule has 0 aromatic rings. The van der Waals surface area contributed by atoms with Crippen molar-refractivity contribution in [1.29, 1.82) is 0 Å². The zero-order chi connectivity index (χ0) is 44.5. The smallest absolute Gasteiger partial charge is 0.265 e. The zero-order valence-electron chi connectivity index (χ0n) is 39.5. The van der Waals surface area contributed by atoms with Crippen LogP contribution in [0.3, 0.4) is 0 Å². The van der Waals surface area contributed by atoms with Gasteiger partial charge in [-0.3, -0.25) is 38.8 Å². The fraction of sp³-hybridized carbons (Fsp3) is 0.804. The van der Waals surface area contributed by atoms with Gasteiger partial charge in [-0.2, -0.15) is 0 Å². The normalized spacial score (nSPS) is 15.5. The fourth-order valence-electron chi connectivity index (χ4n) is 8.47. The van der Waals surface area contributed by atoms with Gasteiger partial charge in [0.25, 0.3) is 11.8 Å². The highest BCUT2D eigenvalue weighted by Gasteiger charge is 2.42. The first-order chi connectivity index (χ1) is 29.7. The van der Waals surface area contributed by atoms with Gasteiger partial charge in [-0.1, -0.05) is 220 Å². The number of hydrogen-bond acceptors (Lipinski definition) is 6. The van der Waals surface area contributed by atoms with Crippen LogP contribution in [0.15, 0.2) is 23.8 Å². The molecule has 0 unspecified atom stereocenters. The molecule has 0 bridgehead atoms. The molecule has 61 heavy (non-hydrogen) atoms. The number of allylic oxidation sites excluding steroid dienone is 2. The molecule has 2 saturated heterocycles. The predicted molar refractivity (Wildman–Crippen MR) is 263 cm³/mol. The van der Waals surface area contributed by atoms with Gasteiger partial charge in [-0.25, -0.2) is 0 Å². The largest absolute Gasteiger partial charge is 0.288 e. The Balaban J connectivity index is 2.23. The lowest BCUT2D eigenvalue weighted by atomic mass is 10.0. The first-order valence-corrected chi connectivity index (χ1v) is 26.3. The molecule has 8 nitrogen and oxygen atoms in total. The zero-order valence-corrected chi connectivity index (χ0v) is 41.1. The molecule has 0 radical (unpaired) electrons. The van der Waals surface area contributed by atoms with Gasteiger partial charge in [0.2, 0.25) is 11.8 Å². The van der Waals surface area contributed by atoms with Crippen LogP contribution < -0.4 is 0 Å². The third-order valence-corrected chi connectivity index (χ3v) is 13.3. The minimum Gasteiger partial charge on any atom is -0.288 e. The molecule has 2 aliphatic heterocycles. The number of nitrogens with zero attached hydrogens (tertiary/aromatic N) is 4. The van der Waals surface area contributed by atoms with E-state index in [2.05, 4.69) is 27.7 Å². The molecule has 0 aromatic heterocycles.